The maximum atomic E-state index is 14.0. The molecule has 2 rings (SSSR count). The fourth-order valence-corrected chi connectivity index (χ4v) is 2.60. The SMILES string of the molecule is CC1CC(N)CN(C(=O)c2c(F)ccc([N+](=O)[O-])c2F)C1. The van der Waals surface area contributed by atoms with Crippen molar-refractivity contribution in [3.63, 3.8) is 0 Å². The first-order valence-corrected chi connectivity index (χ1v) is 6.48. The smallest absolute Gasteiger partial charge is 0.305 e. The number of likely N-dealkylation sites (tertiary alicyclic amines) is 1. The molecule has 0 saturated carbocycles. The molecule has 1 aromatic rings. The van der Waals surface area contributed by atoms with Crippen molar-refractivity contribution in [2.75, 3.05) is 13.1 Å². The first-order chi connectivity index (χ1) is 9.81. The minimum absolute atomic E-state index is 0.0996. The van der Waals surface area contributed by atoms with Gasteiger partial charge in [-0.1, -0.05) is 6.92 Å². The molecule has 2 unspecified atom stereocenters. The zero-order valence-corrected chi connectivity index (χ0v) is 11.4. The number of benzene rings is 1. The van der Waals surface area contributed by atoms with Crippen molar-refractivity contribution in [1.82, 2.24) is 4.90 Å². The highest BCUT2D eigenvalue weighted by molar-refractivity contribution is 5.95. The number of hydrogen-bond donors (Lipinski definition) is 1. The lowest BCUT2D eigenvalue weighted by molar-refractivity contribution is -0.387. The van der Waals surface area contributed by atoms with Crippen molar-refractivity contribution < 1.29 is 18.5 Å². The average Bonchev–Trinajstić information content (AvgIpc) is 2.36. The maximum absolute atomic E-state index is 14.0. The molecule has 114 valence electrons. The van der Waals surface area contributed by atoms with Crippen LogP contribution in [0.15, 0.2) is 12.1 Å². The second-order valence-corrected chi connectivity index (χ2v) is 5.32. The summed E-state index contributed by atoms with van der Waals surface area (Å²) in [7, 11) is 0. The molecule has 1 amide bonds. The van der Waals surface area contributed by atoms with Gasteiger partial charge in [0.15, 0.2) is 0 Å². The molecule has 2 N–H and O–H groups in total. The van der Waals surface area contributed by atoms with E-state index >= 15 is 0 Å². The molecule has 0 bridgehead atoms. The van der Waals surface area contributed by atoms with Gasteiger partial charge < -0.3 is 10.6 Å². The van der Waals surface area contributed by atoms with Gasteiger partial charge in [0.2, 0.25) is 5.82 Å². The van der Waals surface area contributed by atoms with E-state index in [0.717, 1.165) is 6.07 Å². The van der Waals surface area contributed by atoms with Gasteiger partial charge in [0.05, 0.1) is 4.92 Å². The van der Waals surface area contributed by atoms with Gasteiger partial charge in [0.25, 0.3) is 5.91 Å². The summed E-state index contributed by atoms with van der Waals surface area (Å²) in [5, 5.41) is 10.7. The van der Waals surface area contributed by atoms with Crippen LogP contribution in [0.2, 0.25) is 0 Å². The quantitative estimate of drug-likeness (QED) is 0.664. The Bertz CT molecular complexity index is 584. The second kappa shape index (κ2) is 5.72. The van der Waals surface area contributed by atoms with Crippen molar-refractivity contribution in [2.24, 2.45) is 11.7 Å². The molecule has 0 radical (unpaired) electrons. The van der Waals surface area contributed by atoms with E-state index in [-0.39, 0.29) is 18.5 Å². The van der Waals surface area contributed by atoms with Gasteiger partial charge in [-0.2, -0.15) is 4.39 Å². The number of carbonyl (C=O) groups excluding carboxylic acids is 1. The highest BCUT2D eigenvalue weighted by Gasteiger charge is 2.32. The molecule has 0 aromatic heterocycles. The van der Waals surface area contributed by atoms with E-state index in [2.05, 4.69) is 0 Å². The van der Waals surface area contributed by atoms with Crippen LogP contribution in [0.5, 0.6) is 0 Å². The first kappa shape index (κ1) is 15.3. The molecular weight excluding hydrogens is 284 g/mol. The van der Waals surface area contributed by atoms with E-state index in [0.29, 0.717) is 19.0 Å². The van der Waals surface area contributed by atoms with Crippen LogP contribution >= 0.6 is 0 Å². The molecule has 1 heterocycles. The summed E-state index contributed by atoms with van der Waals surface area (Å²) >= 11 is 0. The van der Waals surface area contributed by atoms with Gasteiger partial charge in [-0.05, 0) is 18.4 Å². The molecule has 21 heavy (non-hydrogen) atoms. The Morgan fingerprint density at radius 1 is 1.43 bits per heavy atom. The second-order valence-electron chi connectivity index (χ2n) is 5.32. The van der Waals surface area contributed by atoms with E-state index in [9.17, 15) is 23.7 Å². The number of piperidine rings is 1. The summed E-state index contributed by atoms with van der Waals surface area (Å²) in [5.74, 6) is -3.37. The van der Waals surface area contributed by atoms with Crippen LogP contribution in [0, 0.1) is 27.7 Å². The molecule has 1 fully saturated rings. The van der Waals surface area contributed by atoms with Crippen LogP contribution in [-0.4, -0.2) is 34.9 Å². The van der Waals surface area contributed by atoms with Crippen molar-refractivity contribution in [3.8, 4) is 0 Å². The monoisotopic (exact) mass is 299 g/mol. The molecule has 1 aromatic carbocycles. The standard InChI is InChI=1S/C13H15F2N3O3/c1-7-4-8(16)6-17(5-7)13(19)11-9(14)2-3-10(12(11)15)18(20)21/h2-3,7-8H,4-6,16H2,1H3. The summed E-state index contributed by atoms with van der Waals surface area (Å²) in [6, 6.07) is 1.15. The van der Waals surface area contributed by atoms with Crippen LogP contribution in [-0.2, 0) is 0 Å². The van der Waals surface area contributed by atoms with Gasteiger partial charge in [-0.15, -0.1) is 0 Å². The minimum Gasteiger partial charge on any atom is -0.337 e. The number of halogens is 2. The Labute approximate surface area is 119 Å². The van der Waals surface area contributed by atoms with E-state index < -0.39 is 33.7 Å². The third kappa shape index (κ3) is 2.99. The average molecular weight is 299 g/mol. The normalized spacial score (nSPS) is 22.2. The Kier molecular flexibility index (Phi) is 4.17. The van der Waals surface area contributed by atoms with E-state index in [1.165, 1.54) is 4.90 Å². The lowest BCUT2D eigenvalue weighted by atomic mass is 9.96. The Hall–Kier alpha value is -2.09. The molecule has 1 aliphatic rings. The molecular formula is C13H15F2N3O3. The van der Waals surface area contributed by atoms with E-state index in [4.69, 9.17) is 5.73 Å². The van der Waals surface area contributed by atoms with Crippen LogP contribution in [0.4, 0.5) is 14.5 Å². The Balaban J connectivity index is 2.39. The zero-order valence-electron chi connectivity index (χ0n) is 11.4. The maximum Gasteiger partial charge on any atom is 0.305 e. The largest absolute Gasteiger partial charge is 0.337 e. The number of rotatable bonds is 2. The number of carbonyl (C=O) groups is 1. The van der Waals surface area contributed by atoms with Crippen LogP contribution in [0.25, 0.3) is 0 Å². The fraction of sp³-hybridized carbons (Fsp3) is 0.462. The van der Waals surface area contributed by atoms with E-state index in [1.807, 2.05) is 6.92 Å². The van der Waals surface area contributed by atoms with Crippen molar-refractivity contribution in [3.05, 3.63) is 39.4 Å². The summed E-state index contributed by atoms with van der Waals surface area (Å²) in [4.78, 5) is 23.2. The molecule has 8 heteroatoms. The molecule has 1 saturated heterocycles. The number of hydrogen-bond acceptors (Lipinski definition) is 4. The van der Waals surface area contributed by atoms with Crippen molar-refractivity contribution >= 4 is 11.6 Å². The Morgan fingerprint density at radius 3 is 2.67 bits per heavy atom. The lowest BCUT2D eigenvalue weighted by Gasteiger charge is -2.34. The summed E-state index contributed by atoms with van der Waals surface area (Å²) in [6.45, 7) is 2.36. The molecule has 2 atom stereocenters. The predicted octanol–water partition coefficient (Wildman–Crippen LogP) is 1.68. The van der Waals surface area contributed by atoms with Gasteiger partial charge in [-0.25, -0.2) is 4.39 Å². The molecule has 0 aliphatic carbocycles. The lowest BCUT2D eigenvalue weighted by Crippen LogP contribution is -2.49. The minimum atomic E-state index is -1.45. The van der Waals surface area contributed by atoms with Gasteiger partial charge in [0, 0.05) is 25.2 Å². The first-order valence-electron chi connectivity index (χ1n) is 6.48. The van der Waals surface area contributed by atoms with Crippen molar-refractivity contribution in [1.29, 1.82) is 0 Å². The van der Waals surface area contributed by atoms with Crippen LogP contribution < -0.4 is 5.73 Å². The van der Waals surface area contributed by atoms with Crippen LogP contribution in [0.3, 0.4) is 0 Å². The van der Waals surface area contributed by atoms with Gasteiger partial charge in [0.1, 0.15) is 11.4 Å². The summed E-state index contributed by atoms with van der Waals surface area (Å²) < 4.78 is 27.8. The molecule has 1 aliphatic heterocycles. The summed E-state index contributed by atoms with van der Waals surface area (Å²) in [5.41, 5.74) is 3.98. The number of nitrogens with zero attached hydrogens (tertiary/aromatic N) is 2. The summed E-state index contributed by atoms with van der Waals surface area (Å²) in [6.07, 6.45) is 0.712. The number of nitrogens with two attached hydrogens (primary N) is 1. The predicted molar refractivity (Wildman–Crippen MR) is 70.7 cm³/mol. The molecule has 0 spiro atoms. The molecule has 6 nitrogen and oxygen atoms in total. The van der Waals surface area contributed by atoms with Crippen LogP contribution in [0.1, 0.15) is 23.7 Å². The highest BCUT2D eigenvalue weighted by Crippen LogP contribution is 2.26. The van der Waals surface area contributed by atoms with Crippen molar-refractivity contribution in [2.45, 2.75) is 19.4 Å². The highest BCUT2D eigenvalue weighted by atomic mass is 19.1. The fourth-order valence-electron chi connectivity index (χ4n) is 2.60. The van der Waals surface area contributed by atoms with Gasteiger partial charge >= 0.3 is 5.69 Å². The van der Waals surface area contributed by atoms with Gasteiger partial charge in [-0.3, -0.25) is 14.9 Å². The van der Waals surface area contributed by atoms with E-state index in [1.54, 1.807) is 0 Å². The number of nitro groups is 1. The number of nitro benzene ring substituents is 1. The third-order valence-corrected chi connectivity index (χ3v) is 3.46. The zero-order chi connectivity index (χ0) is 15.7. The third-order valence-electron chi connectivity index (χ3n) is 3.46. The number of amides is 1. The Morgan fingerprint density at radius 2 is 2.10 bits per heavy atom. The topological polar surface area (TPSA) is 89.5 Å².